The van der Waals surface area contributed by atoms with Gasteiger partial charge in [0.2, 0.25) is 0 Å². The summed E-state index contributed by atoms with van der Waals surface area (Å²) in [4.78, 5) is 8.02. The normalized spacial score (nSPS) is 10.6. The molecule has 0 atom stereocenters. The minimum absolute atomic E-state index is 0.585. The molecule has 0 aromatic carbocycles. The Morgan fingerprint density at radius 1 is 1.38 bits per heavy atom. The molecule has 68 valence electrons. The molecule has 0 aliphatic rings. The molecule has 0 saturated carbocycles. The number of hydrogen-bond donors (Lipinski definition) is 1. The van der Waals surface area contributed by atoms with E-state index in [1.807, 2.05) is 6.20 Å². The second-order valence-corrected chi connectivity index (χ2v) is 5.15. The van der Waals surface area contributed by atoms with Crippen molar-refractivity contribution in [2.24, 2.45) is 5.73 Å². The molecule has 2 rings (SSSR count). The summed E-state index contributed by atoms with van der Waals surface area (Å²) in [5, 5.41) is 1.08. The molecule has 2 N–H and O–H groups in total. The molecule has 0 aliphatic heterocycles. The van der Waals surface area contributed by atoms with Crippen LogP contribution in [-0.4, -0.2) is 4.98 Å². The standard InChI is InChI=1S/C9H10N2S2/c1-6-2-3-8(12-6)9-11-5-7(4-10)13-9/h2-3,5H,4,10H2,1H3. The Balaban J connectivity index is 2.35. The lowest BCUT2D eigenvalue weighted by Gasteiger charge is -1.86. The van der Waals surface area contributed by atoms with E-state index in [0.717, 1.165) is 9.88 Å². The molecular weight excluding hydrogens is 200 g/mol. The van der Waals surface area contributed by atoms with Gasteiger partial charge >= 0.3 is 0 Å². The minimum atomic E-state index is 0.585. The predicted octanol–water partition coefficient (Wildman–Crippen LogP) is 2.64. The van der Waals surface area contributed by atoms with Crippen LogP contribution < -0.4 is 5.73 Å². The van der Waals surface area contributed by atoms with Crippen LogP contribution in [0, 0.1) is 6.92 Å². The van der Waals surface area contributed by atoms with Gasteiger partial charge in [-0.3, -0.25) is 0 Å². The smallest absolute Gasteiger partial charge is 0.133 e. The highest BCUT2D eigenvalue weighted by molar-refractivity contribution is 7.21. The van der Waals surface area contributed by atoms with Crippen LogP contribution in [0.4, 0.5) is 0 Å². The van der Waals surface area contributed by atoms with Crippen molar-refractivity contribution in [2.45, 2.75) is 13.5 Å². The zero-order valence-corrected chi connectivity index (χ0v) is 8.91. The summed E-state index contributed by atoms with van der Waals surface area (Å²) in [7, 11) is 0. The van der Waals surface area contributed by atoms with Gasteiger partial charge in [-0.1, -0.05) is 0 Å². The fraction of sp³-hybridized carbons (Fsp3) is 0.222. The Hall–Kier alpha value is -0.710. The quantitative estimate of drug-likeness (QED) is 0.827. The highest BCUT2D eigenvalue weighted by atomic mass is 32.1. The van der Waals surface area contributed by atoms with E-state index in [-0.39, 0.29) is 0 Å². The van der Waals surface area contributed by atoms with E-state index < -0.39 is 0 Å². The number of aryl methyl sites for hydroxylation is 1. The Kier molecular flexibility index (Phi) is 2.44. The lowest BCUT2D eigenvalue weighted by atomic mass is 10.4. The van der Waals surface area contributed by atoms with E-state index >= 15 is 0 Å². The lowest BCUT2D eigenvalue weighted by Crippen LogP contribution is -1.91. The van der Waals surface area contributed by atoms with Gasteiger partial charge in [0.05, 0.1) is 4.88 Å². The van der Waals surface area contributed by atoms with Crippen molar-refractivity contribution >= 4 is 22.7 Å². The van der Waals surface area contributed by atoms with E-state index in [1.165, 1.54) is 9.75 Å². The van der Waals surface area contributed by atoms with E-state index in [9.17, 15) is 0 Å². The number of thiophene rings is 1. The summed E-state index contributed by atoms with van der Waals surface area (Å²) in [6.45, 7) is 2.69. The Bertz CT molecular complexity index is 403. The van der Waals surface area contributed by atoms with Gasteiger partial charge in [0.15, 0.2) is 0 Å². The summed E-state index contributed by atoms with van der Waals surface area (Å²) < 4.78 is 0. The molecule has 0 unspecified atom stereocenters. The van der Waals surface area contributed by atoms with Crippen molar-refractivity contribution in [1.82, 2.24) is 4.98 Å². The van der Waals surface area contributed by atoms with Gasteiger partial charge in [-0.05, 0) is 19.1 Å². The molecule has 13 heavy (non-hydrogen) atoms. The second-order valence-electron chi connectivity index (χ2n) is 2.75. The highest BCUT2D eigenvalue weighted by Gasteiger charge is 2.05. The van der Waals surface area contributed by atoms with Crippen molar-refractivity contribution in [3.05, 3.63) is 28.1 Å². The van der Waals surface area contributed by atoms with Crippen molar-refractivity contribution < 1.29 is 0 Å². The van der Waals surface area contributed by atoms with E-state index in [1.54, 1.807) is 22.7 Å². The Labute approximate surface area is 85.1 Å². The number of nitrogens with zero attached hydrogens (tertiary/aromatic N) is 1. The van der Waals surface area contributed by atoms with E-state index in [4.69, 9.17) is 5.73 Å². The first-order valence-corrected chi connectivity index (χ1v) is 5.64. The number of hydrogen-bond acceptors (Lipinski definition) is 4. The van der Waals surface area contributed by atoms with Gasteiger partial charge in [-0.2, -0.15) is 0 Å². The summed E-state index contributed by atoms with van der Waals surface area (Å²) >= 11 is 3.45. The molecule has 0 bridgehead atoms. The van der Waals surface area contributed by atoms with Gasteiger partial charge < -0.3 is 5.73 Å². The number of aromatic nitrogens is 1. The molecule has 2 nitrogen and oxygen atoms in total. The van der Waals surface area contributed by atoms with Crippen LogP contribution in [0.15, 0.2) is 18.3 Å². The third-order valence-electron chi connectivity index (χ3n) is 1.71. The highest BCUT2D eigenvalue weighted by Crippen LogP contribution is 2.30. The Morgan fingerprint density at radius 3 is 2.77 bits per heavy atom. The maximum absolute atomic E-state index is 5.52. The summed E-state index contributed by atoms with van der Waals surface area (Å²) in [5.74, 6) is 0. The number of nitrogens with two attached hydrogens (primary N) is 1. The van der Waals surface area contributed by atoms with Gasteiger partial charge in [-0.15, -0.1) is 22.7 Å². The van der Waals surface area contributed by atoms with Gasteiger partial charge in [0, 0.05) is 22.5 Å². The number of rotatable bonds is 2. The monoisotopic (exact) mass is 210 g/mol. The summed E-state index contributed by atoms with van der Waals surface area (Å²) in [6, 6.07) is 4.22. The van der Waals surface area contributed by atoms with Crippen LogP contribution in [0.2, 0.25) is 0 Å². The molecule has 2 aromatic rings. The molecule has 0 amide bonds. The molecule has 0 spiro atoms. The maximum Gasteiger partial charge on any atom is 0.133 e. The average molecular weight is 210 g/mol. The van der Waals surface area contributed by atoms with Crippen LogP contribution in [0.25, 0.3) is 9.88 Å². The molecule has 4 heteroatoms. The lowest BCUT2D eigenvalue weighted by molar-refractivity contribution is 1.10. The summed E-state index contributed by atoms with van der Waals surface area (Å²) in [6.07, 6.45) is 1.86. The molecule has 2 aromatic heterocycles. The molecular formula is C9H10N2S2. The van der Waals surface area contributed by atoms with Crippen LogP contribution in [0.5, 0.6) is 0 Å². The molecule has 0 fully saturated rings. The fourth-order valence-corrected chi connectivity index (χ4v) is 2.79. The predicted molar refractivity (Wildman–Crippen MR) is 58.1 cm³/mol. The van der Waals surface area contributed by atoms with Crippen molar-refractivity contribution in [2.75, 3.05) is 0 Å². The van der Waals surface area contributed by atoms with Crippen LogP contribution in [0.3, 0.4) is 0 Å². The first-order valence-electron chi connectivity index (χ1n) is 4.01. The molecule has 0 saturated heterocycles. The Morgan fingerprint density at radius 2 is 2.23 bits per heavy atom. The third kappa shape index (κ3) is 1.80. The van der Waals surface area contributed by atoms with Gasteiger partial charge in [0.25, 0.3) is 0 Å². The van der Waals surface area contributed by atoms with Gasteiger partial charge in [0.1, 0.15) is 5.01 Å². The third-order valence-corrected chi connectivity index (χ3v) is 3.90. The first kappa shape index (κ1) is 8.87. The van der Waals surface area contributed by atoms with E-state index in [0.29, 0.717) is 6.54 Å². The molecule has 0 radical (unpaired) electrons. The number of thiazole rings is 1. The SMILES string of the molecule is Cc1ccc(-c2ncc(CN)s2)s1. The van der Waals surface area contributed by atoms with Crippen molar-refractivity contribution in [1.29, 1.82) is 0 Å². The first-order chi connectivity index (χ1) is 6.29. The molecule has 2 heterocycles. The zero-order valence-electron chi connectivity index (χ0n) is 7.28. The fourth-order valence-electron chi connectivity index (χ4n) is 1.07. The zero-order chi connectivity index (χ0) is 9.26. The largest absolute Gasteiger partial charge is 0.326 e. The van der Waals surface area contributed by atoms with Crippen molar-refractivity contribution in [3.8, 4) is 9.88 Å². The van der Waals surface area contributed by atoms with Gasteiger partial charge in [-0.25, -0.2) is 4.98 Å². The molecule has 0 aliphatic carbocycles. The topological polar surface area (TPSA) is 38.9 Å². The van der Waals surface area contributed by atoms with E-state index in [2.05, 4.69) is 24.0 Å². The minimum Gasteiger partial charge on any atom is -0.326 e. The van der Waals surface area contributed by atoms with Crippen LogP contribution >= 0.6 is 22.7 Å². The summed E-state index contributed by atoms with van der Waals surface area (Å²) in [5.41, 5.74) is 5.52. The maximum atomic E-state index is 5.52. The average Bonchev–Trinajstić information content (AvgIpc) is 2.71. The van der Waals surface area contributed by atoms with Crippen LogP contribution in [0.1, 0.15) is 9.75 Å². The second kappa shape index (κ2) is 3.57. The van der Waals surface area contributed by atoms with Crippen LogP contribution in [-0.2, 0) is 6.54 Å². The van der Waals surface area contributed by atoms with Crippen molar-refractivity contribution in [3.63, 3.8) is 0 Å².